The molecular formula is C58H35N3S. The van der Waals surface area contributed by atoms with Gasteiger partial charge in [0.25, 0.3) is 0 Å². The van der Waals surface area contributed by atoms with Crippen LogP contribution in [0.4, 0.5) is 0 Å². The van der Waals surface area contributed by atoms with Gasteiger partial charge in [-0.2, -0.15) is 0 Å². The molecule has 0 aliphatic heterocycles. The van der Waals surface area contributed by atoms with Gasteiger partial charge in [-0.25, -0.2) is 15.0 Å². The molecule has 0 fully saturated rings. The Kier molecular flexibility index (Phi) is 7.69. The van der Waals surface area contributed by atoms with Crippen LogP contribution in [0.15, 0.2) is 212 Å². The molecule has 0 bridgehead atoms. The van der Waals surface area contributed by atoms with Crippen LogP contribution in [0.25, 0.3) is 98.8 Å². The summed E-state index contributed by atoms with van der Waals surface area (Å²) >= 11 is 1.83. The van der Waals surface area contributed by atoms with E-state index in [1.54, 1.807) is 0 Å². The van der Waals surface area contributed by atoms with E-state index in [1.165, 1.54) is 70.2 Å². The maximum absolute atomic E-state index is 5.22. The highest BCUT2D eigenvalue weighted by atomic mass is 32.1. The van der Waals surface area contributed by atoms with E-state index in [0.29, 0.717) is 17.5 Å². The normalized spacial score (nSPS) is 13.0. The minimum Gasteiger partial charge on any atom is -0.208 e. The highest BCUT2D eigenvalue weighted by Crippen LogP contribution is 2.63. The van der Waals surface area contributed by atoms with Crippen LogP contribution in [0.1, 0.15) is 22.3 Å². The number of thiophene rings is 1. The highest BCUT2D eigenvalue weighted by Gasteiger charge is 2.51. The van der Waals surface area contributed by atoms with Crippen LogP contribution in [-0.4, -0.2) is 15.0 Å². The molecule has 13 rings (SSSR count). The van der Waals surface area contributed by atoms with E-state index in [9.17, 15) is 0 Å². The molecule has 0 atom stereocenters. The molecule has 2 aliphatic carbocycles. The summed E-state index contributed by atoms with van der Waals surface area (Å²) in [6.45, 7) is 0. The SMILES string of the molecule is c1ccc(-c2nc(-c3ccc(-c4ccc5c(c4)-c4ccccc4C54c5ccccc5-c5ccccc54)cc3)nc(-c3ccccc3-c3ccc4sc5ccccc5c4c3)n2)cc1. The zero-order valence-electron chi connectivity index (χ0n) is 33.5. The largest absolute Gasteiger partial charge is 0.208 e. The van der Waals surface area contributed by atoms with E-state index < -0.39 is 0 Å². The summed E-state index contributed by atoms with van der Waals surface area (Å²) in [6, 6.07) is 76.8. The van der Waals surface area contributed by atoms with E-state index in [4.69, 9.17) is 15.0 Å². The molecule has 0 saturated carbocycles. The van der Waals surface area contributed by atoms with E-state index in [1.807, 2.05) is 29.5 Å². The van der Waals surface area contributed by atoms with E-state index in [0.717, 1.165) is 33.4 Å². The van der Waals surface area contributed by atoms with Gasteiger partial charge in [-0.05, 0) is 91.0 Å². The first kappa shape index (κ1) is 35.0. The lowest BCUT2D eigenvalue weighted by Gasteiger charge is -2.30. The van der Waals surface area contributed by atoms with Crippen LogP contribution >= 0.6 is 11.3 Å². The van der Waals surface area contributed by atoms with Crippen LogP contribution in [0.5, 0.6) is 0 Å². The highest BCUT2D eigenvalue weighted by molar-refractivity contribution is 7.25. The summed E-state index contributed by atoms with van der Waals surface area (Å²) in [6.07, 6.45) is 0. The topological polar surface area (TPSA) is 38.7 Å². The zero-order chi connectivity index (χ0) is 40.8. The molecule has 4 heteroatoms. The first-order chi connectivity index (χ1) is 30.7. The molecule has 0 N–H and O–H groups in total. The van der Waals surface area contributed by atoms with Crippen LogP contribution in [-0.2, 0) is 5.41 Å². The summed E-state index contributed by atoms with van der Waals surface area (Å²) in [5, 5.41) is 2.55. The van der Waals surface area contributed by atoms with Crippen molar-refractivity contribution in [1.29, 1.82) is 0 Å². The van der Waals surface area contributed by atoms with E-state index in [2.05, 4.69) is 194 Å². The monoisotopic (exact) mass is 805 g/mol. The van der Waals surface area contributed by atoms with Crippen molar-refractivity contribution in [3.05, 3.63) is 235 Å². The van der Waals surface area contributed by atoms with Crippen molar-refractivity contribution >= 4 is 31.5 Å². The summed E-state index contributed by atoms with van der Waals surface area (Å²) < 4.78 is 2.58. The van der Waals surface area contributed by atoms with Crippen molar-refractivity contribution in [3.63, 3.8) is 0 Å². The second-order valence-electron chi connectivity index (χ2n) is 16.3. The second kappa shape index (κ2) is 13.6. The number of benzene rings is 9. The Morgan fingerprint density at radius 2 is 0.742 bits per heavy atom. The number of hydrogen-bond donors (Lipinski definition) is 0. The van der Waals surface area contributed by atoms with Gasteiger partial charge in [0.05, 0.1) is 5.41 Å². The van der Waals surface area contributed by atoms with Gasteiger partial charge in [-0.15, -0.1) is 11.3 Å². The lowest BCUT2D eigenvalue weighted by atomic mass is 9.70. The van der Waals surface area contributed by atoms with Gasteiger partial charge >= 0.3 is 0 Å². The molecule has 3 nitrogen and oxygen atoms in total. The van der Waals surface area contributed by atoms with Gasteiger partial charge < -0.3 is 0 Å². The standard InChI is InChI=1S/C58H35N3S/c1-2-14-37(15-3-1)55-59-56(61-57(60-55)46-21-5-4-16-41(46)40-31-33-54-48(35-40)45-20-9-13-25-53(45)62-54)38-28-26-36(27-29-38)39-30-32-52-47(34-39)44-19-8-12-24-51(44)58(52)49-22-10-6-17-42(49)43-18-7-11-23-50(43)58/h1-35H. The van der Waals surface area contributed by atoms with Crippen molar-refractivity contribution < 1.29 is 0 Å². The molecular weight excluding hydrogens is 771 g/mol. The molecule has 11 aromatic rings. The number of rotatable bonds is 5. The van der Waals surface area contributed by atoms with Crippen molar-refractivity contribution in [2.45, 2.75) is 5.41 Å². The quantitative estimate of drug-likeness (QED) is 0.174. The first-order valence-electron chi connectivity index (χ1n) is 21.1. The van der Waals surface area contributed by atoms with Gasteiger partial charge in [0.1, 0.15) is 0 Å². The maximum Gasteiger partial charge on any atom is 0.164 e. The molecule has 2 aliphatic rings. The third-order valence-electron chi connectivity index (χ3n) is 13.0. The van der Waals surface area contributed by atoms with Crippen molar-refractivity contribution in [2.24, 2.45) is 0 Å². The Bertz CT molecular complexity index is 3540. The Morgan fingerprint density at radius 3 is 1.44 bits per heavy atom. The summed E-state index contributed by atoms with van der Waals surface area (Å²) in [4.78, 5) is 15.5. The third kappa shape index (κ3) is 5.14. The fourth-order valence-electron chi connectivity index (χ4n) is 10.3. The Labute approximate surface area is 363 Å². The summed E-state index contributed by atoms with van der Waals surface area (Å²) in [5.41, 5.74) is 17.6. The molecule has 0 radical (unpaired) electrons. The molecule has 288 valence electrons. The van der Waals surface area contributed by atoms with Crippen LogP contribution in [0.3, 0.4) is 0 Å². The van der Waals surface area contributed by atoms with E-state index >= 15 is 0 Å². The number of fused-ring (bicyclic) bond motifs is 13. The number of hydrogen-bond acceptors (Lipinski definition) is 4. The zero-order valence-corrected chi connectivity index (χ0v) is 34.3. The lowest BCUT2D eigenvalue weighted by Crippen LogP contribution is -2.25. The minimum absolute atomic E-state index is 0.349. The first-order valence-corrected chi connectivity index (χ1v) is 21.9. The van der Waals surface area contributed by atoms with Gasteiger partial charge in [0.2, 0.25) is 0 Å². The predicted molar refractivity (Wildman–Crippen MR) is 256 cm³/mol. The molecule has 62 heavy (non-hydrogen) atoms. The summed E-state index contributed by atoms with van der Waals surface area (Å²) in [7, 11) is 0. The Balaban J connectivity index is 0.912. The molecule has 0 saturated heterocycles. The van der Waals surface area contributed by atoms with Gasteiger partial charge in [-0.1, -0.05) is 188 Å². The van der Waals surface area contributed by atoms with E-state index in [-0.39, 0.29) is 5.41 Å². The fraction of sp³-hybridized carbons (Fsp3) is 0.0172. The number of aromatic nitrogens is 3. The molecule has 1 spiro atoms. The average Bonchev–Trinajstić information content (AvgIpc) is 3.98. The Morgan fingerprint density at radius 1 is 0.274 bits per heavy atom. The van der Waals surface area contributed by atoms with Crippen molar-refractivity contribution in [2.75, 3.05) is 0 Å². The van der Waals surface area contributed by atoms with Gasteiger partial charge in [0.15, 0.2) is 17.5 Å². The van der Waals surface area contributed by atoms with Gasteiger partial charge in [0, 0.05) is 36.9 Å². The van der Waals surface area contributed by atoms with Crippen LogP contribution < -0.4 is 0 Å². The van der Waals surface area contributed by atoms with Gasteiger partial charge in [-0.3, -0.25) is 0 Å². The third-order valence-corrected chi connectivity index (χ3v) is 14.1. The Hall–Kier alpha value is -7.79. The predicted octanol–water partition coefficient (Wildman–Crippen LogP) is 14.9. The molecule has 9 aromatic carbocycles. The minimum atomic E-state index is -0.349. The van der Waals surface area contributed by atoms with Crippen molar-refractivity contribution in [3.8, 4) is 78.7 Å². The van der Waals surface area contributed by atoms with Crippen molar-refractivity contribution in [1.82, 2.24) is 15.0 Å². The molecule has 0 unspecified atom stereocenters. The molecule has 2 aromatic heterocycles. The smallest absolute Gasteiger partial charge is 0.164 e. The lowest BCUT2D eigenvalue weighted by molar-refractivity contribution is 0.794. The average molecular weight is 806 g/mol. The molecule has 2 heterocycles. The fourth-order valence-corrected chi connectivity index (χ4v) is 11.3. The summed E-state index contributed by atoms with van der Waals surface area (Å²) in [5.74, 6) is 1.92. The number of nitrogens with zero attached hydrogens (tertiary/aromatic N) is 3. The maximum atomic E-state index is 5.22. The second-order valence-corrected chi connectivity index (χ2v) is 17.3. The molecule has 0 amide bonds. The van der Waals surface area contributed by atoms with Crippen LogP contribution in [0.2, 0.25) is 0 Å². The van der Waals surface area contributed by atoms with Crippen LogP contribution in [0, 0.1) is 0 Å².